The number of amides is 2. The maximum atomic E-state index is 11.5. The van der Waals surface area contributed by atoms with Crippen LogP contribution < -0.4 is 5.32 Å². The van der Waals surface area contributed by atoms with Crippen LogP contribution in [-0.2, 0) is 23.8 Å². The average Bonchev–Trinajstić information content (AvgIpc) is 2.68. The van der Waals surface area contributed by atoms with E-state index in [1.807, 2.05) is 0 Å². The lowest BCUT2D eigenvalue weighted by molar-refractivity contribution is -0.345. The van der Waals surface area contributed by atoms with Gasteiger partial charge in [0.05, 0.1) is 13.2 Å². The predicted octanol–water partition coefficient (Wildman–Crippen LogP) is -5.01. The van der Waals surface area contributed by atoms with Gasteiger partial charge in [0.25, 0.3) is 0 Å². The van der Waals surface area contributed by atoms with Gasteiger partial charge in [0.1, 0.15) is 48.7 Å². The van der Waals surface area contributed by atoms with Gasteiger partial charge in [0.2, 0.25) is 11.8 Å². The highest BCUT2D eigenvalue weighted by Crippen LogP contribution is 2.30. The van der Waals surface area contributed by atoms with Crippen LogP contribution in [0.4, 0.5) is 0 Å². The standard InChI is InChI=1S/C16H28N2O12/c1-5(21)17-9-12(24)11(23)7(3-19)29-16(9)30-14-8(4-20)28-15(26)10(13(14)25)18(27)6(2)22/h7-16,19-20,23-27H,3-4H2,1-2H3,(H,17,21)/t7-,8-,9-,10-,11-,12-,13-,14-,15-,16+/m1/s1. The van der Waals surface area contributed by atoms with Crippen LogP contribution in [0.5, 0.6) is 0 Å². The average molecular weight is 440 g/mol. The smallest absolute Gasteiger partial charge is 0.243 e. The zero-order valence-electron chi connectivity index (χ0n) is 16.3. The molecular formula is C16H28N2O12. The number of rotatable bonds is 6. The summed E-state index contributed by atoms with van der Waals surface area (Å²) < 4.78 is 16.1. The molecular weight excluding hydrogens is 412 g/mol. The van der Waals surface area contributed by atoms with Crippen molar-refractivity contribution in [2.24, 2.45) is 0 Å². The molecule has 0 radical (unpaired) electrons. The molecule has 8 N–H and O–H groups in total. The van der Waals surface area contributed by atoms with Crippen LogP contribution in [-0.4, -0.2) is 127 Å². The Labute approximate surface area is 171 Å². The van der Waals surface area contributed by atoms with Gasteiger partial charge in [-0.25, -0.2) is 5.06 Å². The van der Waals surface area contributed by atoms with Crippen LogP contribution >= 0.6 is 0 Å². The topological polar surface area (TPSA) is 219 Å². The first-order valence-corrected chi connectivity index (χ1v) is 9.19. The molecule has 0 spiro atoms. The first-order chi connectivity index (χ1) is 14.0. The van der Waals surface area contributed by atoms with Gasteiger partial charge in [-0.2, -0.15) is 0 Å². The second-order valence-corrected chi connectivity index (χ2v) is 7.13. The maximum Gasteiger partial charge on any atom is 0.243 e. The highest BCUT2D eigenvalue weighted by Gasteiger charge is 2.52. The summed E-state index contributed by atoms with van der Waals surface area (Å²) in [4.78, 5) is 23.0. The Kier molecular flexibility index (Phi) is 8.46. The third kappa shape index (κ3) is 5.05. The normalized spacial score (nSPS) is 41.9. The molecule has 0 aromatic carbocycles. The Bertz CT molecular complexity index is 609. The van der Waals surface area contributed by atoms with Crippen molar-refractivity contribution >= 4 is 11.8 Å². The maximum absolute atomic E-state index is 11.5. The number of hydrogen-bond acceptors (Lipinski definition) is 12. The molecule has 0 unspecified atom stereocenters. The van der Waals surface area contributed by atoms with Crippen LogP contribution in [0.2, 0.25) is 0 Å². The molecule has 0 aliphatic carbocycles. The van der Waals surface area contributed by atoms with Gasteiger partial charge in [-0.05, 0) is 0 Å². The summed E-state index contributed by atoms with van der Waals surface area (Å²) in [5.41, 5.74) is 0. The van der Waals surface area contributed by atoms with E-state index in [-0.39, 0.29) is 5.06 Å². The van der Waals surface area contributed by atoms with Crippen molar-refractivity contribution in [3.05, 3.63) is 0 Å². The minimum atomic E-state index is -1.87. The largest absolute Gasteiger partial charge is 0.394 e. The van der Waals surface area contributed by atoms with Crippen LogP contribution in [0.25, 0.3) is 0 Å². The highest BCUT2D eigenvalue weighted by atomic mass is 16.7. The summed E-state index contributed by atoms with van der Waals surface area (Å²) in [6.45, 7) is 0.623. The first-order valence-electron chi connectivity index (χ1n) is 9.19. The number of hydrogen-bond donors (Lipinski definition) is 8. The molecule has 14 nitrogen and oxygen atoms in total. The van der Waals surface area contributed by atoms with Crippen LogP contribution in [0.3, 0.4) is 0 Å². The Hall–Kier alpha value is -1.46. The Morgan fingerprint density at radius 1 is 0.967 bits per heavy atom. The summed E-state index contributed by atoms with van der Waals surface area (Å²) in [5.74, 6) is -1.54. The number of carbonyl (C=O) groups is 2. The van der Waals surface area contributed by atoms with Crippen molar-refractivity contribution in [1.29, 1.82) is 0 Å². The van der Waals surface area contributed by atoms with Crippen molar-refractivity contribution in [2.75, 3.05) is 13.2 Å². The number of aliphatic hydroxyl groups is 6. The quantitative estimate of drug-likeness (QED) is 0.144. The fourth-order valence-electron chi connectivity index (χ4n) is 3.45. The molecule has 30 heavy (non-hydrogen) atoms. The van der Waals surface area contributed by atoms with Gasteiger partial charge in [0.15, 0.2) is 12.6 Å². The molecule has 0 bridgehead atoms. The number of hydroxylamine groups is 2. The zero-order valence-corrected chi connectivity index (χ0v) is 16.3. The van der Waals surface area contributed by atoms with E-state index in [1.54, 1.807) is 0 Å². The highest BCUT2D eigenvalue weighted by molar-refractivity contribution is 5.73. The van der Waals surface area contributed by atoms with E-state index in [4.69, 9.17) is 14.2 Å². The molecule has 2 heterocycles. The molecule has 10 atom stereocenters. The number of nitrogens with zero attached hydrogens (tertiary/aromatic N) is 1. The van der Waals surface area contributed by atoms with E-state index in [1.165, 1.54) is 0 Å². The van der Waals surface area contributed by atoms with Crippen LogP contribution in [0.15, 0.2) is 0 Å². The van der Waals surface area contributed by atoms with Gasteiger partial charge < -0.3 is 50.2 Å². The van der Waals surface area contributed by atoms with Crippen molar-refractivity contribution in [2.45, 2.75) is 75.1 Å². The zero-order chi connectivity index (χ0) is 22.7. The van der Waals surface area contributed by atoms with Gasteiger partial charge in [0, 0.05) is 13.8 Å². The second-order valence-electron chi connectivity index (χ2n) is 7.13. The molecule has 14 heteroatoms. The lowest BCUT2D eigenvalue weighted by Crippen LogP contribution is -2.69. The summed E-state index contributed by atoms with van der Waals surface area (Å²) in [6, 6.07) is -3.04. The molecule has 2 amide bonds. The molecule has 2 saturated heterocycles. The van der Waals surface area contributed by atoms with Crippen LogP contribution in [0.1, 0.15) is 13.8 Å². The van der Waals surface area contributed by atoms with Crippen LogP contribution in [0, 0.1) is 0 Å². The summed E-state index contributed by atoms with van der Waals surface area (Å²) in [7, 11) is 0. The van der Waals surface area contributed by atoms with Gasteiger partial charge in [-0.15, -0.1) is 0 Å². The lowest BCUT2D eigenvalue weighted by atomic mass is 9.94. The molecule has 2 aliphatic heterocycles. The van der Waals surface area contributed by atoms with Crippen molar-refractivity contribution in [1.82, 2.24) is 10.4 Å². The van der Waals surface area contributed by atoms with E-state index < -0.39 is 86.3 Å². The van der Waals surface area contributed by atoms with E-state index >= 15 is 0 Å². The van der Waals surface area contributed by atoms with E-state index in [2.05, 4.69) is 5.32 Å². The molecule has 0 saturated carbocycles. The third-order valence-corrected chi connectivity index (χ3v) is 4.99. The summed E-state index contributed by atoms with van der Waals surface area (Å²) in [6.07, 6.45) is -12.6. The number of aliphatic hydroxyl groups excluding tert-OH is 6. The molecule has 2 fully saturated rings. The minimum Gasteiger partial charge on any atom is -0.394 e. The lowest BCUT2D eigenvalue weighted by Gasteiger charge is -2.48. The van der Waals surface area contributed by atoms with Crippen molar-refractivity contribution in [3.63, 3.8) is 0 Å². The van der Waals surface area contributed by atoms with E-state index in [0.717, 1.165) is 13.8 Å². The van der Waals surface area contributed by atoms with E-state index in [0.29, 0.717) is 0 Å². The molecule has 2 rings (SSSR count). The second kappa shape index (κ2) is 10.2. The van der Waals surface area contributed by atoms with E-state index in [9.17, 15) is 45.4 Å². The molecule has 2 aliphatic rings. The fourth-order valence-corrected chi connectivity index (χ4v) is 3.45. The Morgan fingerprint density at radius 3 is 2.07 bits per heavy atom. The molecule has 174 valence electrons. The minimum absolute atomic E-state index is 0.0431. The third-order valence-electron chi connectivity index (χ3n) is 4.99. The molecule has 0 aromatic heterocycles. The fraction of sp³-hybridized carbons (Fsp3) is 0.875. The number of ether oxygens (including phenoxy) is 3. The number of carbonyl (C=O) groups excluding carboxylic acids is 2. The first kappa shape index (κ1) is 24.8. The van der Waals surface area contributed by atoms with Gasteiger partial charge >= 0.3 is 0 Å². The number of nitrogens with one attached hydrogen (secondary N) is 1. The monoisotopic (exact) mass is 440 g/mol. The van der Waals surface area contributed by atoms with Gasteiger partial charge in [-0.1, -0.05) is 0 Å². The predicted molar refractivity (Wildman–Crippen MR) is 92.3 cm³/mol. The SMILES string of the molecule is CC(=O)N[C@H]1[C@H](O[C@H]2[C@H](O)[C@@H](N(O)C(C)=O)[C@H](O)O[C@@H]2CO)O[C@H](CO)[C@@H](O)[C@@H]1O. The van der Waals surface area contributed by atoms with Gasteiger partial charge in [-0.3, -0.25) is 14.8 Å². The molecule has 0 aromatic rings. The summed E-state index contributed by atoms with van der Waals surface area (Å²) in [5, 5.41) is 72.2. The van der Waals surface area contributed by atoms with Crippen molar-refractivity contribution in [3.8, 4) is 0 Å². The Morgan fingerprint density at radius 2 is 1.57 bits per heavy atom. The Balaban J connectivity index is 2.31. The summed E-state index contributed by atoms with van der Waals surface area (Å²) >= 11 is 0. The van der Waals surface area contributed by atoms with Crippen molar-refractivity contribution < 1.29 is 59.6 Å².